The van der Waals surface area contributed by atoms with Gasteiger partial charge in [-0.1, -0.05) is 125 Å². The van der Waals surface area contributed by atoms with E-state index >= 15 is 0 Å². The minimum atomic E-state index is -1.02. The summed E-state index contributed by atoms with van der Waals surface area (Å²) in [6.07, 6.45) is 0.304. The van der Waals surface area contributed by atoms with Gasteiger partial charge in [0.2, 0.25) is 5.79 Å². The predicted molar refractivity (Wildman–Crippen MR) is 191 cm³/mol. The van der Waals surface area contributed by atoms with E-state index in [1.54, 1.807) is 0 Å². The molecule has 242 valence electrons. The number of morpholine rings is 1. The first-order valence-electron chi connectivity index (χ1n) is 16.4. The van der Waals surface area contributed by atoms with Crippen LogP contribution in [0.5, 0.6) is 5.75 Å². The number of ether oxygens (including phenoxy) is 3. The summed E-state index contributed by atoms with van der Waals surface area (Å²) < 4.78 is 21.1. The maximum atomic E-state index is 11.9. The van der Waals surface area contributed by atoms with Crippen molar-refractivity contribution in [1.82, 2.24) is 4.90 Å². The summed E-state index contributed by atoms with van der Waals surface area (Å²) in [5.41, 5.74) is 7.21. The van der Waals surface area contributed by atoms with Crippen molar-refractivity contribution in [1.29, 1.82) is 0 Å². The molecule has 0 aromatic heterocycles. The zero-order valence-electron chi connectivity index (χ0n) is 26.8. The molecule has 0 radical (unpaired) electrons. The van der Waals surface area contributed by atoms with E-state index in [4.69, 9.17) is 14.2 Å². The Morgan fingerprint density at radius 3 is 2.17 bits per heavy atom. The van der Waals surface area contributed by atoms with Crippen molar-refractivity contribution in [3.8, 4) is 16.9 Å². The second kappa shape index (κ2) is 12.6. The lowest BCUT2D eigenvalue weighted by atomic mass is 9.87. The Morgan fingerprint density at radius 1 is 0.812 bits per heavy atom. The fourth-order valence-corrected chi connectivity index (χ4v) is 7.33. The van der Waals surface area contributed by atoms with Gasteiger partial charge in [-0.2, -0.15) is 0 Å². The number of hydrogen-bond donors (Lipinski definition) is 1. The summed E-state index contributed by atoms with van der Waals surface area (Å²) in [6.45, 7) is 2.58. The Hall–Kier alpha value is -4.40. The number of hydrogen-bond acceptors (Lipinski definition) is 6. The Labute approximate surface area is 289 Å². The SMILES string of the molecule is C[C@H]1[C@@H](c2ccccc2)O[C@@]2(O[C@@H]3C(O)N(c4ccc(-c5ccccc5)cc4)[C@@H]3c3ccc(Br)cc3OCc3ccccc3)C=C2N1C. The molecule has 2 heterocycles. The Kier molecular flexibility index (Phi) is 8.09. The zero-order valence-corrected chi connectivity index (χ0v) is 28.4. The molecule has 3 aliphatic rings. The van der Waals surface area contributed by atoms with Crippen molar-refractivity contribution in [3.05, 3.63) is 166 Å². The lowest BCUT2D eigenvalue weighted by Gasteiger charge is -2.55. The van der Waals surface area contributed by atoms with Crippen LogP contribution in [0.25, 0.3) is 11.1 Å². The van der Waals surface area contributed by atoms with Gasteiger partial charge in [0.05, 0.1) is 17.8 Å². The van der Waals surface area contributed by atoms with Crippen molar-refractivity contribution in [2.24, 2.45) is 0 Å². The van der Waals surface area contributed by atoms with Crippen LogP contribution in [0.3, 0.4) is 0 Å². The third kappa shape index (κ3) is 5.61. The maximum absolute atomic E-state index is 11.9. The lowest BCUT2D eigenvalue weighted by molar-refractivity contribution is -0.270. The molecule has 0 saturated carbocycles. The highest BCUT2D eigenvalue weighted by Crippen LogP contribution is 2.56. The minimum absolute atomic E-state index is 0.115. The fourth-order valence-electron chi connectivity index (χ4n) is 6.99. The molecular weight excluding hydrogens is 664 g/mol. The lowest BCUT2D eigenvalue weighted by Crippen LogP contribution is -2.65. The summed E-state index contributed by atoms with van der Waals surface area (Å²) in [7, 11) is 2.08. The first-order chi connectivity index (χ1) is 23.4. The van der Waals surface area contributed by atoms with Crippen LogP contribution < -0.4 is 9.64 Å². The van der Waals surface area contributed by atoms with Gasteiger partial charge >= 0.3 is 0 Å². The third-order valence-electron chi connectivity index (χ3n) is 9.76. The molecular formula is C41H37BrN2O4. The van der Waals surface area contributed by atoms with Crippen LogP contribution in [0.2, 0.25) is 0 Å². The van der Waals surface area contributed by atoms with E-state index in [1.807, 2.05) is 77.7 Å². The highest BCUT2D eigenvalue weighted by atomic mass is 79.9. The first kappa shape index (κ1) is 30.9. The minimum Gasteiger partial charge on any atom is -0.488 e. The molecule has 0 amide bonds. The molecule has 2 aliphatic heterocycles. The molecule has 6 nitrogen and oxygen atoms in total. The van der Waals surface area contributed by atoms with E-state index in [-0.39, 0.29) is 18.2 Å². The van der Waals surface area contributed by atoms with Crippen LogP contribution in [-0.4, -0.2) is 41.2 Å². The van der Waals surface area contributed by atoms with Gasteiger partial charge in [-0.15, -0.1) is 0 Å². The van der Waals surface area contributed by atoms with Gasteiger partial charge in [-0.3, -0.25) is 0 Å². The molecule has 6 atom stereocenters. The normalized spacial score (nSPS) is 25.9. The highest BCUT2D eigenvalue weighted by Gasteiger charge is 2.62. The number of nitrogens with zero attached hydrogens (tertiary/aromatic N) is 2. The van der Waals surface area contributed by atoms with E-state index in [2.05, 4.69) is 102 Å². The second-order valence-corrected chi connectivity index (χ2v) is 13.6. The van der Waals surface area contributed by atoms with Crippen LogP contribution in [0, 0.1) is 0 Å². The molecule has 1 N–H and O–H groups in total. The number of anilines is 1. The van der Waals surface area contributed by atoms with Crippen LogP contribution in [0.4, 0.5) is 5.69 Å². The average Bonchev–Trinajstić information content (AvgIpc) is 3.86. The number of likely N-dealkylation sites (N-methyl/N-ethyl adjacent to an activating group) is 1. The fraction of sp³-hybridized carbons (Fsp3) is 0.220. The molecule has 5 aromatic rings. The van der Waals surface area contributed by atoms with Gasteiger partial charge in [-0.25, -0.2) is 0 Å². The summed E-state index contributed by atoms with van der Waals surface area (Å²) in [5, 5.41) is 11.9. The number of aliphatic hydroxyl groups is 1. The monoisotopic (exact) mass is 700 g/mol. The van der Waals surface area contributed by atoms with Gasteiger partial charge in [0.15, 0.2) is 6.23 Å². The summed E-state index contributed by atoms with van der Waals surface area (Å²) >= 11 is 3.66. The number of rotatable bonds is 9. The largest absolute Gasteiger partial charge is 0.488 e. The van der Waals surface area contributed by atoms with Crippen molar-refractivity contribution < 1.29 is 19.3 Å². The number of aliphatic hydroxyl groups excluding tert-OH is 1. The predicted octanol–water partition coefficient (Wildman–Crippen LogP) is 8.65. The zero-order chi connectivity index (χ0) is 32.8. The van der Waals surface area contributed by atoms with E-state index in [9.17, 15) is 5.11 Å². The maximum Gasteiger partial charge on any atom is 0.233 e. The van der Waals surface area contributed by atoms with Gasteiger partial charge in [0, 0.05) is 28.8 Å². The third-order valence-corrected chi connectivity index (χ3v) is 10.3. The standard InChI is InChI=1S/C41H37BrN2O4/c1-27-38(31-16-10-5-11-17-31)47-41(25-36(41)43(27)2)48-39-37(34-23-20-32(42)24-35(34)46-26-28-12-6-3-7-13-28)44(40(39)45)33-21-18-30(19-22-33)29-14-8-4-9-15-29/h3-25,27,37-40,45H,26H2,1-2H3/t27-,37+,38-,39-,40?,41+/m0/s1. The molecule has 1 unspecified atom stereocenters. The van der Waals surface area contributed by atoms with Crippen LogP contribution in [0.15, 0.2) is 150 Å². The molecule has 48 heavy (non-hydrogen) atoms. The number of benzene rings is 5. The Bertz CT molecular complexity index is 1920. The molecule has 2 saturated heterocycles. The van der Waals surface area contributed by atoms with E-state index in [1.165, 1.54) is 0 Å². The average molecular weight is 702 g/mol. The van der Waals surface area contributed by atoms with Crippen LogP contribution >= 0.6 is 15.9 Å². The van der Waals surface area contributed by atoms with Gasteiger partial charge in [0.1, 0.15) is 24.6 Å². The molecule has 2 fully saturated rings. The Balaban J connectivity index is 1.13. The Morgan fingerprint density at radius 2 is 1.46 bits per heavy atom. The highest BCUT2D eigenvalue weighted by molar-refractivity contribution is 9.10. The number of fused-ring (bicyclic) bond motifs is 1. The molecule has 0 bridgehead atoms. The van der Waals surface area contributed by atoms with Crippen molar-refractivity contribution in [2.45, 2.75) is 49.8 Å². The van der Waals surface area contributed by atoms with E-state index in [0.29, 0.717) is 6.61 Å². The van der Waals surface area contributed by atoms with Crippen molar-refractivity contribution >= 4 is 21.6 Å². The molecule has 7 heteroatoms. The van der Waals surface area contributed by atoms with E-state index in [0.717, 1.165) is 49.4 Å². The first-order valence-corrected chi connectivity index (χ1v) is 17.2. The van der Waals surface area contributed by atoms with E-state index < -0.39 is 18.1 Å². The smallest absolute Gasteiger partial charge is 0.233 e. The van der Waals surface area contributed by atoms with Gasteiger partial charge < -0.3 is 29.1 Å². The quantitative estimate of drug-likeness (QED) is 0.166. The summed E-state index contributed by atoms with van der Waals surface area (Å²) in [6, 6.07) is 44.9. The van der Waals surface area contributed by atoms with Crippen molar-refractivity contribution in [3.63, 3.8) is 0 Å². The second-order valence-electron chi connectivity index (χ2n) is 12.7. The topological polar surface area (TPSA) is 54.4 Å². The van der Waals surface area contributed by atoms with Gasteiger partial charge in [0.25, 0.3) is 0 Å². The molecule has 0 spiro atoms. The van der Waals surface area contributed by atoms with Crippen LogP contribution in [0.1, 0.15) is 35.8 Å². The molecule has 1 aliphatic carbocycles. The summed E-state index contributed by atoms with van der Waals surface area (Å²) in [5.74, 6) is -0.293. The summed E-state index contributed by atoms with van der Waals surface area (Å²) in [4.78, 5) is 4.25. The van der Waals surface area contributed by atoms with Crippen molar-refractivity contribution in [2.75, 3.05) is 11.9 Å². The van der Waals surface area contributed by atoms with Crippen LogP contribution in [-0.2, 0) is 16.1 Å². The molecule has 8 rings (SSSR count). The van der Waals surface area contributed by atoms with Gasteiger partial charge in [-0.05, 0) is 53.4 Å². The number of halogens is 1. The molecule has 5 aromatic carbocycles.